The fourth-order valence-electron chi connectivity index (χ4n) is 4.39. The molecule has 0 fully saturated rings. The topological polar surface area (TPSA) is 17.1 Å². The number of hydrogen-bond acceptors (Lipinski definition) is 2. The summed E-state index contributed by atoms with van der Waals surface area (Å²) in [6.07, 6.45) is 1.10. The Labute approximate surface area is 204 Å². The molecule has 0 atom stereocenters. The van der Waals surface area contributed by atoms with Crippen LogP contribution in [-0.4, -0.2) is 0 Å². The van der Waals surface area contributed by atoms with Crippen molar-refractivity contribution in [2.24, 2.45) is 0 Å². The van der Waals surface area contributed by atoms with Crippen molar-refractivity contribution in [1.82, 2.24) is 0 Å². The Morgan fingerprint density at radius 2 is 1.29 bits per heavy atom. The SMILES string of the molecule is CC(C)c1ccc2sc3ccccc3c(=O)c2c1.CCc1ccc2cc3ccccc3cc2c1. The molecule has 0 saturated carbocycles. The summed E-state index contributed by atoms with van der Waals surface area (Å²) in [5, 5.41) is 7.00. The molecule has 168 valence electrons. The van der Waals surface area contributed by atoms with Gasteiger partial charge in [0.15, 0.2) is 5.43 Å². The molecule has 1 aromatic heterocycles. The van der Waals surface area contributed by atoms with Crippen LogP contribution in [0.2, 0.25) is 0 Å². The fourth-order valence-corrected chi connectivity index (χ4v) is 5.44. The molecule has 1 heterocycles. The second-order valence-corrected chi connectivity index (χ2v) is 10.2. The van der Waals surface area contributed by atoms with Crippen LogP contribution < -0.4 is 5.43 Å². The molecule has 2 heteroatoms. The third kappa shape index (κ3) is 4.34. The lowest BCUT2D eigenvalue weighted by atomic mass is 10.0. The van der Waals surface area contributed by atoms with Crippen molar-refractivity contribution in [3.8, 4) is 0 Å². The van der Waals surface area contributed by atoms with Crippen LogP contribution in [0.25, 0.3) is 41.7 Å². The molecule has 0 N–H and O–H groups in total. The van der Waals surface area contributed by atoms with E-state index in [-0.39, 0.29) is 5.43 Å². The molecule has 0 aliphatic heterocycles. The summed E-state index contributed by atoms with van der Waals surface area (Å²) in [5.41, 5.74) is 2.78. The summed E-state index contributed by atoms with van der Waals surface area (Å²) in [4.78, 5) is 12.5. The van der Waals surface area contributed by atoms with Crippen molar-refractivity contribution in [3.63, 3.8) is 0 Å². The van der Waals surface area contributed by atoms with Crippen LogP contribution in [-0.2, 0) is 6.42 Å². The van der Waals surface area contributed by atoms with Crippen LogP contribution in [0.1, 0.15) is 37.8 Å². The van der Waals surface area contributed by atoms with E-state index in [1.165, 1.54) is 32.7 Å². The van der Waals surface area contributed by atoms with Gasteiger partial charge in [-0.3, -0.25) is 4.79 Å². The van der Waals surface area contributed by atoms with E-state index in [1.807, 2.05) is 30.3 Å². The average molecular weight is 461 g/mol. The molecule has 0 aliphatic carbocycles. The van der Waals surface area contributed by atoms with E-state index in [0.717, 1.165) is 26.6 Å². The first-order valence-electron chi connectivity index (χ1n) is 11.9. The van der Waals surface area contributed by atoms with Crippen LogP contribution >= 0.6 is 11.3 Å². The maximum atomic E-state index is 12.5. The lowest BCUT2D eigenvalue weighted by molar-refractivity contribution is 0.869. The zero-order valence-electron chi connectivity index (χ0n) is 19.8. The van der Waals surface area contributed by atoms with Gasteiger partial charge in [0.1, 0.15) is 0 Å². The zero-order valence-corrected chi connectivity index (χ0v) is 20.7. The quantitative estimate of drug-likeness (QED) is 0.235. The molecular formula is C32H28OS. The van der Waals surface area contributed by atoms with E-state index in [0.29, 0.717) is 5.92 Å². The molecule has 0 saturated heterocycles. The summed E-state index contributed by atoms with van der Waals surface area (Å²) < 4.78 is 2.13. The summed E-state index contributed by atoms with van der Waals surface area (Å²) in [7, 11) is 0. The predicted octanol–water partition coefficient (Wildman–Crippen LogP) is 9.09. The van der Waals surface area contributed by atoms with Crippen molar-refractivity contribution < 1.29 is 0 Å². The minimum absolute atomic E-state index is 0.154. The molecule has 0 spiro atoms. The lowest BCUT2D eigenvalue weighted by Crippen LogP contribution is -2.01. The molecule has 0 amide bonds. The van der Waals surface area contributed by atoms with Gasteiger partial charge in [-0.05, 0) is 81.4 Å². The van der Waals surface area contributed by atoms with Gasteiger partial charge >= 0.3 is 0 Å². The van der Waals surface area contributed by atoms with Gasteiger partial charge in [0, 0.05) is 20.2 Å². The maximum absolute atomic E-state index is 12.5. The number of fused-ring (bicyclic) bond motifs is 4. The van der Waals surface area contributed by atoms with E-state index in [4.69, 9.17) is 0 Å². The molecule has 0 bridgehead atoms. The van der Waals surface area contributed by atoms with E-state index < -0.39 is 0 Å². The first kappa shape index (κ1) is 22.3. The normalized spacial score (nSPS) is 11.3. The largest absolute Gasteiger partial charge is 0.289 e. The number of rotatable bonds is 2. The Balaban J connectivity index is 0.000000142. The van der Waals surface area contributed by atoms with E-state index in [9.17, 15) is 4.79 Å². The summed E-state index contributed by atoms with van der Waals surface area (Å²) in [5.74, 6) is 0.449. The van der Waals surface area contributed by atoms with Gasteiger partial charge in [-0.2, -0.15) is 0 Å². The van der Waals surface area contributed by atoms with Gasteiger partial charge in [0.2, 0.25) is 0 Å². The lowest BCUT2D eigenvalue weighted by Gasteiger charge is -2.07. The summed E-state index contributed by atoms with van der Waals surface area (Å²) in [6.45, 7) is 6.49. The molecule has 0 unspecified atom stereocenters. The highest BCUT2D eigenvalue weighted by Gasteiger charge is 2.07. The van der Waals surface area contributed by atoms with Crippen molar-refractivity contribution in [1.29, 1.82) is 0 Å². The van der Waals surface area contributed by atoms with Gasteiger partial charge in [0.05, 0.1) is 0 Å². The summed E-state index contributed by atoms with van der Waals surface area (Å²) >= 11 is 1.69. The molecule has 6 aromatic rings. The van der Waals surface area contributed by atoms with E-state index in [2.05, 4.69) is 87.5 Å². The summed E-state index contributed by atoms with van der Waals surface area (Å²) in [6, 6.07) is 33.9. The minimum Gasteiger partial charge on any atom is -0.289 e. The van der Waals surface area contributed by atoms with Gasteiger partial charge in [-0.25, -0.2) is 0 Å². The first-order chi connectivity index (χ1) is 16.5. The van der Waals surface area contributed by atoms with Crippen LogP contribution in [0.3, 0.4) is 0 Å². The zero-order chi connectivity index (χ0) is 23.7. The Morgan fingerprint density at radius 1 is 0.647 bits per heavy atom. The van der Waals surface area contributed by atoms with Crippen LogP contribution in [0.4, 0.5) is 0 Å². The van der Waals surface area contributed by atoms with Gasteiger partial charge in [-0.15, -0.1) is 11.3 Å². The molecule has 1 nitrogen and oxygen atoms in total. The third-order valence-corrected chi connectivity index (χ3v) is 7.60. The molecule has 34 heavy (non-hydrogen) atoms. The first-order valence-corrected chi connectivity index (χ1v) is 12.7. The average Bonchev–Trinajstić information content (AvgIpc) is 2.87. The second-order valence-electron chi connectivity index (χ2n) is 9.07. The van der Waals surface area contributed by atoms with Crippen molar-refractivity contribution >= 4 is 53.1 Å². The molecule has 0 radical (unpaired) electrons. The van der Waals surface area contributed by atoms with E-state index in [1.54, 1.807) is 11.3 Å². The van der Waals surface area contributed by atoms with Crippen LogP contribution in [0, 0.1) is 0 Å². The Hall–Kier alpha value is -3.49. The third-order valence-electron chi connectivity index (χ3n) is 6.44. The molecule has 0 aliphatic rings. The van der Waals surface area contributed by atoms with Crippen LogP contribution in [0.15, 0.2) is 102 Å². The van der Waals surface area contributed by atoms with Gasteiger partial charge in [0.25, 0.3) is 0 Å². The highest BCUT2D eigenvalue weighted by atomic mass is 32.1. The Morgan fingerprint density at radius 3 is 2.03 bits per heavy atom. The van der Waals surface area contributed by atoms with Crippen LogP contribution in [0.5, 0.6) is 0 Å². The molecule has 6 rings (SSSR count). The van der Waals surface area contributed by atoms with Crippen molar-refractivity contribution in [3.05, 3.63) is 118 Å². The number of hydrogen-bond donors (Lipinski definition) is 0. The second kappa shape index (κ2) is 9.40. The number of benzene rings is 5. The van der Waals surface area contributed by atoms with Crippen molar-refractivity contribution in [2.45, 2.75) is 33.1 Å². The molecule has 5 aromatic carbocycles. The monoisotopic (exact) mass is 460 g/mol. The Bertz CT molecular complexity index is 1690. The van der Waals surface area contributed by atoms with Gasteiger partial charge in [-0.1, -0.05) is 81.4 Å². The van der Waals surface area contributed by atoms with Crippen molar-refractivity contribution in [2.75, 3.05) is 0 Å². The highest BCUT2D eigenvalue weighted by molar-refractivity contribution is 7.24. The minimum atomic E-state index is 0.154. The molecular weight excluding hydrogens is 432 g/mol. The standard InChI is InChI=1S/C16H14OS.C16H14/c1-10(2)11-7-8-15-13(9-11)16(17)12-5-3-4-6-14(12)18-15;1-2-12-7-8-15-10-13-5-3-4-6-14(13)11-16(15)9-12/h3-10H,1-2H3;3-11H,2H2,1H3. The number of aryl methyl sites for hydroxylation is 1. The maximum Gasteiger partial charge on any atom is 0.195 e. The van der Waals surface area contributed by atoms with Gasteiger partial charge < -0.3 is 0 Å². The Kier molecular flexibility index (Phi) is 6.17. The highest BCUT2D eigenvalue weighted by Crippen LogP contribution is 2.27. The van der Waals surface area contributed by atoms with E-state index >= 15 is 0 Å². The smallest absolute Gasteiger partial charge is 0.195 e. The fraction of sp³-hybridized carbons (Fsp3) is 0.156. The predicted molar refractivity (Wildman–Crippen MR) is 151 cm³/mol.